The van der Waals surface area contributed by atoms with Gasteiger partial charge in [-0.2, -0.15) is 0 Å². The zero-order chi connectivity index (χ0) is 45.2. The Morgan fingerprint density at radius 1 is 0.613 bits per heavy atom. The molecule has 0 radical (unpaired) electrons. The van der Waals surface area contributed by atoms with Gasteiger partial charge in [-0.1, -0.05) is 42.3 Å². The number of methoxy groups -OCH3 is 1. The summed E-state index contributed by atoms with van der Waals surface area (Å²) in [6, 6.07) is 28.9. The van der Waals surface area contributed by atoms with E-state index in [2.05, 4.69) is 26.5 Å². The van der Waals surface area contributed by atoms with Crippen LogP contribution in [0.25, 0.3) is 21.1 Å². The van der Waals surface area contributed by atoms with E-state index in [1.54, 1.807) is 62.6 Å². The van der Waals surface area contributed by atoms with Crippen LogP contribution in [-0.2, 0) is 22.7 Å². The molecule has 0 unspecified atom stereocenters. The Labute approximate surface area is 367 Å². The first kappa shape index (κ1) is 46.1. The molecule has 320 valence electrons. The number of amides is 2. The molecule has 4 aromatic carbocycles. The predicted octanol–water partition coefficient (Wildman–Crippen LogP) is 8.57. The Balaban J connectivity index is 0.000000234. The molecule has 0 bridgehead atoms. The number of hydrogen-bond acceptors (Lipinski definition) is 11. The van der Waals surface area contributed by atoms with Gasteiger partial charge in [0, 0.05) is 29.8 Å². The van der Waals surface area contributed by atoms with Crippen LogP contribution in [0.2, 0.25) is 0 Å². The van der Waals surface area contributed by atoms with Crippen LogP contribution < -0.4 is 24.8 Å². The Bertz CT molecular complexity index is 2570. The monoisotopic (exact) mass is 874 g/mol. The second-order valence-electron chi connectivity index (χ2n) is 14.8. The van der Waals surface area contributed by atoms with E-state index in [1.807, 2.05) is 55.5 Å². The molecular weight excluding hydrogens is 829 g/mol. The van der Waals surface area contributed by atoms with Crippen LogP contribution in [0.5, 0.6) is 17.2 Å². The summed E-state index contributed by atoms with van der Waals surface area (Å²) in [5, 5.41) is 25.6. The van der Waals surface area contributed by atoms with E-state index in [4.69, 9.17) is 30.8 Å². The van der Waals surface area contributed by atoms with E-state index in [0.29, 0.717) is 45.7 Å². The van der Waals surface area contributed by atoms with Crippen molar-refractivity contribution in [3.63, 3.8) is 0 Å². The smallest absolute Gasteiger partial charge is 0.347 e. The molecule has 15 heteroatoms. The van der Waals surface area contributed by atoms with Gasteiger partial charge in [-0.05, 0) is 113 Å². The highest BCUT2D eigenvalue weighted by Crippen LogP contribution is 2.30. The molecule has 2 heterocycles. The van der Waals surface area contributed by atoms with Crippen molar-refractivity contribution in [2.24, 2.45) is 0 Å². The fraction of sp³-hybridized carbons (Fsp3) is 0.234. The largest absolute Gasteiger partial charge is 0.497 e. The summed E-state index contributed by atoms with van der Waals surface area (Å²) in [5.74, 6) is 1.75. The van der Waals surface area contributed by atoms with Gasteiger partial charge in [-0.25, -0.2) is 19.6 Å². The lowest BCUT2D eigenvalue weighted by atomic mass is 10.1. The molecule has 0 aliphatic rings. The molecule has 0 saturated carbocycles. The maximum Gasteiger partial charge on any atom is 0.347 e. The van der Waals surface area contributed by atoms with Crippen LogP contribution >= 0.6 is 22.7 Å². The molecule has 0 aliphatic carbocycles. The fourth-order valence-corrected chi connectivity index (χ4v) is 7.43. The second-order valence-corrected chi connectivity index (χ2v) is 16.8. The van der Waals surface area contributed by atoms with Gasteiger partial charge in [0.15, 0.2) is 11.2 Å². The number of nitrogens with zero attached hydrogens (tertiary/aromatic N) is 2. The highest BCUT2D eigenvalue weighted by molar-refractivity contribution is 7.17. The lowest BCUT2D eigenvalue weighted by Crippen LogP contribution is -2.37. The van der Waals surface area contributed by atoms with Gasteiger partial charge in [0.05, 0.1) is 18.5 Å². The van der Waals surface area contributed by atoms with Crippen LogP contribution in [0.4, 0.5) is 0 Å². The maximum atomic E-state index is 12.7. The number of aliphatic carboxylic acids is 2. The first-order chi connectivity index (χ1) is 29.4. The molecular formula is C47H46N4O9S2. The summed E-state index contributed by atoms with van der Waals surface area (Å²) in [7, 11) is 1.61. The standard InChI is InChI=1S/C24H22N2O4S.C23H24N2O5S/c1-5-16-6-10-18(11-7-16)22-26-15(2)20(31-22)21(27)25-14-17-8-12-19(13-9-17)30-24(3,4)23(28)29;1-14-19(31-21(25-14)16-7-11-17(29-4)12-8-16)20(26)24-13-15-5-9-18(10-6-15)30-23(2,3)22(27)28/h1,6-13H,14H2,2-4H3,(H,25,27)(H,28,29);5-12H,13H2,1-4H3,(H,24,26)(H,27,28). The van der Waals surface area contributed by atoms with Crippen molar-refractivity contribution in [2.75, 3.05) is 7.11 Å². The number of ether oxygens (including phenoxy) is 3. The van der Waals surface area contributed by atoms with E-state index in [0.717, 1.165) is 43.6 Å². The van der Waals surface area contributed by atoms with Crippen LogP contribution in [0, 0.1) is 26.2 Å². The minimum absolute atomic E-state index is 0.193. The average molecular weight is 875 g/mol. The molecule has 6 rings (SSSR count). The van der Waals surface area contributed by atoms with Gasteiger partial charge in [0.1, 0.15) is 37.0 Å². The third-order valence-corrected chi connectivity index (χ3v) is 11.6. The van der Waals surface area contributed by atoms with Crippen molar-refractivity contribution < 1.29 is 43.6 Å². The quantitative estimate of drug-likeness (QED) is 0.0725. The molecule has 0 spiro atoms. The van der Waals surface area contributed by atoms with Crippen molar-refractivity contribution >= 4 is 46.4 Å². The third kappa shape index (κ3) is 12.1. The molecule has 0 fully saturated rings. The van der Waals surface area contributed by atoms with Crippen molar-refractivity contribution in [1.82, 2.24) is 20.6 Å². The lowest BCUT2D eigenvalue weighted by molar-refractivity contribution is -0.152. The Kier molecular flexibility index (Phi) is 14.9. The first-order valence-corrected chi connectivity index (χ1v) is 20.8. The van der Waals surface area contributed by atoms with E-state index in [1.165, 1.54) is 50.4 Å². The summed E-state index contributed by atoms with van der Waals surface area (Å²) in [6.07, 6.45) is 5.39. The minimum Gasteiger partial charge on any atom is -0.497 e. The van der Waals surface area contributed by atoms with Crippen molar-refractivity contribution in [3.8, 4) is 50.7 Å². The van der Waals surface area contributed by atoms with E-state index in [9.17, 15) is 19.2 Å². The Hall–Kier alpha value is -7.02. The van der Waals surface area contributed by atoms with Gasteiger partial charge in [-0.15, -0.1) is 29.1 Å². The number of hydrogen-bond donors (Lipinski definition) is 4. The van der Waals surface area contributed by atoms with Gasteiger partial charge in [-0.3, -0.25) is 9.59 Å². The van der Waals surface area contributed by atoms with Crippen molar-refractivity contribution in [1.29, 1.82) is 0 Å². The fourth-order valence-electron chi connectivity index (χ4n) is 5.46. The number of carboxylic acids is 2. The van der Waals surface area contributed by atoms with Gasteiger partial charge in [0.2, 0.25) is 0 Å². The van der Waals surface area contributed by atoms with E-state index < -0.39 is 23.1 Å². The number of aromatic nitrogens is 2. The number of aryl methyl sites for hydroxylation is 2. The molecule has 0 aliphatic heterocycles. The predicted molar refractivity (Wildman–Crippen MR) is 239 cm³/mol. The summed E-state index contributed by atoms with van der Waals surface area (Å²) in [4.78, 5) is 57.8. The van der Waals surface area contributed by atoms with Gasteiger partial charge >= 0.3 is 11.9 Å². The van der Waals surface area contributed by atoms with Gasteiger partial charge in [0.25, 0.3) is 11.8 Å². The van der Waals surface area contributed by atoms with Crippen LogP contribution in [-0.4, -0.2) is 62.2 Å². The highest BCUT2D eigenvalue weighted by atomic mass is 32.1. The third-order valence-electron chi connectivity index (χ3n) is 9.17. The molecule has 4 N–H and O–H groups in total. The summed E-state index contributed by atoms with van der Waals surface area (Å²) < 4.78 is 16.1. The lowest BCUT2D eigenvalue weighted by Gasteiger charge is -2.21. The summed E-state index contributed by atoms with van der Waals surface area (Å²) >= 11 is 2.67. The Morgan fingerprint density at radius 3 is 1.31 bits per heavy atom. The number of carboxylic acid groups (broad SMARTS) is 2. The maximum absolute atomic E-state index is 12.7. The number of rotatable bonds is 15. The van der Waals surface area contributed by atoms with E-state index in [-0.39, 0.29) is 11.8 Å². The highest BCUT2D eigenvalue weighted by Gasteiger charge is 2.30. The number of thiazole rings is 2. The number of carbonyl (C=O) groups excluding carboxylic acids is 2. The number of benzene rings is 4. The summed E-state index contributed by atoms with van der Waals surface area (Å²) in [6.45, 7) is 10.2. The first-order valence-electron chi connectivity index (χ1n) is 19.1. The van der Waals surface area contributed by atoms with Crippen molar-refractivity contribution in [2.45, 2.75) is 65.8 Å². The van der Waals surface area contributed by atoms with Crippen LogP contribution in [0.1, 0.15) is 75.1 Å². The molecule has 6 aromatic rings. The van der Waals surface area contributed by atoms with Gasteiger partial charge < -0.3 is 35.1 Å². The van der Waals surface area contributed by atoms with Crippen LogP contribution in [0.3, 0.4) is 0 Å². The number of carbonyl (C=O) groups is 4. The number of nitrogens with one attached hydrogen (secondary N) is 2. The molecule has 2 aromatic heterocycles. The minimum atomic E-state index is -1.32. The van der Waals surface area contributed by atoms with Crippen molar-refractivity contribution in [3.05, 3.63) is 135 Å². The topological polar surface area (TPSA) is 186 Å². The van der Waals surface area contributed by atoms with E-state index >= 15 is 0 Å². The molecule has 62 heavy (non-hydrogen) atoms. The molecule has 0 saturated heterocycles. The average Bonchev–Trinajstić information content (AvgIpc) is 3.85. The van der Waals surface area contributed by atoms with Crippen LogP contribution in [0.15, 0.2) is 97.1 Å². The molecule has 0 atom stereocenters. The number of terminal acetylenes is 1. The zero-order valence-electron chi connectivity index (χ0n) is 35.2. The zero-order valence-corrected chi connectivity index (χ0v) is 36.8. The molecule has 13 nitrogen and oxygen atoms in total. The SMILES string of the molecule is C#Cc1ccc(-c2nc(C)c(C(=O)NCc3ccc(OC(C)(C)C(=O)O)cc3)s2)cc1.COc1ccc(-c2nc(C)c(C(=O)NCc3ccc(OC(C)(C)C(=O)O)cc3)s2)cc1. The Morgan fingerprint density at radius 2 is 0.968 bits per heavy atom. The molecule has 2 amide bonds. The normalized spacial score (nSPS) is 11.0. The second kappa shape index (κ2) is 20.0. The summed E-state index contributed by atoms with van der Waals surface area (Å²) in [5.41, 5.74) is 3.05.